The molecule has 0 saturated carbocycles. The van der Waals surface area contributed by atoms with Crippen LogP contribution < -0.4 is 0 Å². The molecule has 0 radical (unpaired) electrons. The molecule has 1 aromatic carbocycles. The molecule has 0 aliphatic rings. The Morgan fingerprint density at radius 2 is 1.71 bits per heavy atom. The van der Waals surface area contributed by atoms with Crippen LogP contribution in [0.4, 0.5) is 0 Å². The van der Waals surface area contributed by atoms with Gasteiger partial charge >= 0.3 is 13.8 Å². The van der Waals surface area contributed by atoms with E-state index in [1.54, 1.807) is 6.07 Å². The third-order valence-corrected chi connectivity index (χ3v) is 1.82. The third kappa shape index (κ3) is 4.38. The zero-order valence-corrected chi connectivity index (χ0v) is 9.33. The van der Waals surface area contributed by atoms with Crippen molar-refractivity contribution in [3.63, 3.8) is 0 Å². The van der Waals surface area contributed by atoms with Crippen LogP contribution in [-0.2, 0) is 4.57 Å². The van der Waals surface area contributed by atoms with Crippen molar-refractivity contribution in [2.24, 2.45) is 0 Å². The molecule has 0 saturated heterocycles. The standard InChI is InChI=1S/C9H7NO2.H3O4P/c11-9(12)7-5-10-8-4-2-1-3-6(7)8;1-5(2,3)4/h1-5,10H,(H,11,12);(H3,1,2,3,4). The summed E-state index contributed by atoms with van der Waals surface area (Å²) >= 11 is 0. The number of nitrogens with one attached hydrogen (secondary N) is 1. The number of H-pyrrole nitrogens is 1. The molecule has 7 nitrogen and oxygen atoms in total. The molecule has 92 valence electrons. The zero-order chi connectivity index (χ0) is 13.1. The van der Waals surface area contributed by atoms with Crippen LogP contribution in [0.15, 0.2) is 30.5 Å². The number of hydrogen-bond acceptors (Lipinski definition) is 2. The van der Waals surface area contributed by atoms with Crippen molar-refractivity contribution < 1.29 is 29.1 Å². The largest absolute Gasteiger partial charge is 0.478 e. The lowest BCUT2D eigenvalue weighted by Crippen LogP contribution is -1.92. The zero-order valence-electron chi connectivity index (χ0n) is 8.44. The molecule has 2 aromatic rings. The monoisotopic (exact) mass is 259 g/mol. The molecule has 0 atom stereocenters. The van der Waals surface area contributed by atoms with E-state index in [4.69, 9.17) is 24.4 Å². The highest BCUT2D eigenvalue weighted by Crippen LogP contribution is 2.25. The number of benzene rings is 1. The molecule has 17 heavy (non-hydrogen) atoms. The summed E-state index contributed by atoms with van der Waals surface area (Å²) in [6.45, 7) is 0. The van der Waals surface area contributed by atoms with Crippen LogP contribution in [0.3, 0.4) is 0 Å². The minimum absolute atomic E-state index is 0.325. The van der Waals surface area contributed by atoms with Gasteiger partial charge in [-0.1, -0.05) is 18.2 Å². The van der Waals surface area contributed by atoms with Crippen molar-refractivity contribution in [3.05, 3.63) is 36.0 Å². The summed E-state index contributed by atoms with van der Waals surface area (Å²) in [5, 5.41) is 9.51. The molecule has 0 unspecified atom stereocenters. The van der Waals surface area contributed by atoms with Gasteiger partial charge in [0.2, 0.25) is 0 Å². The fourth-order valence-electron chi connectivity index (χ4n) is 1.25. The van der Waals surface area contributed by atoms with Gasteiger partial charge in [0, 0.05) is 17.1 Å². The average molecular weight is 259 g/mol. The molecular weight excluding hydrogens is 249 g/mol. The fraction of sp³-hybridized carbons (Fsp3) is 0. The Hall–Kier alpha value is -1.66. The van der Waals surface area contributed by atoms with Gasteiger partial charge in [0.1, 0.15) is 0 Å². The number of aromatic carboxylic acids is 1. The predicted molar refractivity (Wildman–Crippen MR) is 59.5 cm³/mol. The summed E-state index contributed by atoms with van der Waals surface area (Å²) in [5.41, 5.74) is 1.18. The number of aromatic nitrogens is 1. The minimum Gasteiger partial charge on any atom is -0.478 e. The van der Waals surface area contributed by atoms with Gasteiger partial charge in [0.05, 0.1) is 5.56 Å². The Kier molecular flexibility index (Phi) is 4.03. The summed E-state index contributed by atoms with van der Waals surface area (Å²) in [5.74, 6) is -0.896. The summed E-state index contributed by atoms with van der Waals surface area (Å²) in [6, 6.07) is 7.32. The van der Waals surface area contributed by atoms with E-state index in [0.29, 0.717) is 5.56 Å². The number of phosphoric acid groups is 1. The normalized spacial score (nSPS) is 10.8. The number of aromatic amines is 1. The lowest BCUT2D eigenvalue weighted by molar-refractivity contribution is 0.0699. The van der Waals surface area contributed by atoms with E-state index in [0.717, 1.165) is 10.9 Å². The third-order valence-electron chi connectivity index (χ3n) is 1.82. The van der Waals surface area contributed by atoms with Crippen LogP contribution in [0.5, 0.6) is 0 Å². The second-order valence-electron chi connectivity index (χ2n) is 3.07. The number of carboxylic acids is 1. The van der Waals surface area contributed by atoms with Gasteiger partial charge in [-0.05, 0) is 6.07 Å². The smallest absolute Gasteiger partial charge is 0.466 e. The number of carbonyl (C=O) groups is 1. The molecule has 1 aromatic heterocycles. The van der Waals surface area contributed by atoms with E-state index in [9.17, 15) is 4.79 Å². The van der Waals surface area contributed by atoms with Crippen LogP contribution in [0.1, 0.15) is 10.4 Å². The van der Waals surface area contributed by atoms with Gasteiger partial charge in [-0.15, -0.1) is 0 Å². The SMILES string of the molecule is O=C(O)c1c[nH]c2ccccc12.O=P(O)(O)O. The van der Waals surface area contributed by atoms with Gasteiger partial charge in [0.25, 0.3) is 0 Å². The maximum atomic E-state index is 10.7. The molecule has 0 bridgehead atoms. The fourth-order valence-corrected chi connectivity index (χ4v) is 1.25. The number of para-hydroxylation sites is 1. The van der Waals surface area contributed by atoms with E-state index in [1.165, 1.54) is 6.20 Å². The van der Waals surface area contributed by atoms with E-state index < -0.39 is 13.8 Å². The first-order valence-electron chi connectivity index (χ1n) is 4.37. The summed E-state index contributed by atoms with van der Waals surface area (Å²) in [6.07, 6.45) is 1.51. The van der Waals surface area contributed by atoms with E-state index in [2.05, 4.69) is 4.98 Å². The second-order valence-corrected chi connectivity index (χ2v) is 4.09. The molecule has 0 fully saturated rings. The van der Waals surface area contributed by atoms with Crippen molar-refractivity contribution in [3.8, 4) is 0 Å². The molecule has 5 N–H and O–H groups in total. The molecule has 0 amide bonds. The van der Waals surface area contributed by atoms with Crippen LogP contribution in [0, 0.1) is 0 Å². The highest BCUT2D eigenvalue weighted by Gasteiger charge is 2.08. The van der Waals surface area contributed by atoms with Crippen molar-refractivity contribution in [2.75, 3.05) is 0 Å². The topological polar surface area (TPSA) is 131 Å². The number of rotatable bonds is 1. The molecule has 0 spiro atoms. The van der Waals surface area contributed by atoms with Crippen molar-refractivity contribution in [2.45, 2.75) is 0 Å². The van der Waals surface area contributed by atoms with Crippen molar-refractivity contribution in [1.82, 2.24) is 4.98 Å². The Morgan fingerprint density at radius 1 is 1.18 bits per heavy atom. The van der Waals surface area contributed by atoms with Gasteiger partial charge < -0.3 is 24.8 Å². The highest BCUT2D eigenvalue weighted by atomic mass is 31.2. The van der Waals surface area contributed by atoms with E-state index >= 15 is 0 Å². The van der Waals surface area contributed by atoms with E-state index in [-0.39, 0.29) is 0 Å². The quantitative estimate of drug-likeness (QED) is 0.484. The second kappa shape index (κ2) is 5.11. The number of fused-ring (bicyclic) bond motifs is 1. The molecular formula is C9H10NO6P. The highest BCUT2D eigenvalue weighted by molar-refractivity contribution is 7.45. The average Bonchev–Trinajstić information content (AvgIpc) is 2.58. The molecule has 1 heterocycles. The predicted octanol–water partition coefficient (Wildman–Crippen LogP) is 0.937. The van der Waals surface area contributed by atoms with Crippen LogP contribution in [0.25, 0.3) is 10.9 Å². The first-order valence-corrected chi connectivity index (χ1v) is 5.93. The van der Waals surface area contributed by atoms with Crippen LogP contribution >= 0.6 is 7.82 Å². The van der Waals surface area contributed by atoms with Crippen LogP contribution in [0.2, 0.25) is 0 Å². The summed E-state index contributed by atoms with van der Waals surface area (Å²) in [4.78, 5) is 35.1. The van der Waals surface area contributed by atoms with Crippen LogP contribution in [-0.4, -0.2) is 30.7 Å². The maximum Gasteiger partial charge on any atom is 0.466 e. The lowest BCUT2D eigenvalue weighted by Gasteiger charge is -1.89. The molecule has 2 rings (SSSR count). The number of hydrogen-bond donors (Lipinski definition) is 5. The molecule has 0 aliphatic carbocycles. The lowest BCUT2D eigenvalue weighted by atomic mass is 10.2. The Bertz CT molecular complexity index is 563. The first-order chi connectivity index (χ1) is 7.79. The summed E-state index contributed by atoms with van der Waals surface area (Å²) < 4.78 is 8.88. The van der Waals surface area contributed by atoms with Gasteiger partial charge in [0.15, 0.2) is 0 Å². The minimum atomic E-state index is -4.64. The molecule has 8 heteroatoms. The number of carboxylic acid groups (broad SMARTS) is 1. The molecule has 0 aliphatic heterocycles. The Balaban J connectivity index is 0.000000249. The summed E-state index contributed by atoms with van der Waals surface area (Å²) in [7, 11) is -4.64. The van der Waals surface area contributed by atoms with Gasteiger partial charge in [-0.25, -0.2) is 9.36 Å². The van der Waals surface area contributed by atoms with Crippen molar-refractivity contribution in [1.29, 1.82) is 0 Å². The first kappa shape index (κ1) is 13.4. The maximum absolute atomic E-state index is 10.7. The van der Waals surface area contributed by atoms with Gasteiger partial charge in [-0.3, -0.25) is 0 Å². The van der Waals surface area contributed by atoms with Crippen molar-refractivity contribution >= 4 is 24.7 Å². The van der Waals surface area contributed by atoms with E-state index in [1.807, 2.05) is 18.2 Å². The van der Waals surface area contributed by atoms with Gasteiger partial charge in [-0.2, -0.15) is 0 Å². The Labute approximate surface area is 95.6 Å². The Morgan fingerprint density at radius 3 is 2.24 bits per heavy atom.